The summed E-state index contributed by atoms with van der Waals surface area (Å²) in [6.07, 6.45) is -2.95. The van der Waals surface area contributed by atoms with Gasteiger partial charge in [0.2, 0.25) is 0 Å². The summed E-state index contributed by atoms with van der Waals surface area (Å²) in [7, 11) is 0. The van der Waals surface area contributed by atoms with Crippen molar-refractivity contribution in [1.29, 1.82) is 0 Å². The number of nitrogens with zero attached hydrogens (tertiary/aromatic N) is 1. The zero-order chi connectivity index (χ0) is 16.2. The fourth-order valence-electron chi connectivity index (χ4n) is 2.08. The standard InChI is InChI=1S/C15H14ClF3N2O/c16-10-4-5-12(13(7-10)15(17,18)19)14(9-22)21-8-11-3-1-2-6-20-11/h1-7,14,21-22H,8-9H2/t14-/m0/s1. The Kier molecular flexibility index (Phi) is 5.39. The number of halogens is 4. The van der Waals surface area contributed by atoms with E-state index in [4.69, 9.17) is 11.6 Å². The molecule has 0 aliphatic rings. The summed E-state index contributed by atoms with van der Waals surface area (Å²) in [4.78, 5) is 4.08. The molecule has 0 bridgehead atoms. The van der Waals surface area contributed by atoms with E-state index in [9.17, 15) is 18.3 Å². The molecule has 2 aromatic rings. The van der Waals surface area contributed by atoms with Crippen molar-refractivity contribution in [2.45, 2.75) is 18.8 Å². The summed E-state index contributed by atoms with van der Waals surface area (Å²) in [5.74, 6) is 0. The molecule has 1 heterocycles. The topological polar surface area (TPSA) is 45.1 Å². The van der Waals surface area contributed by atoms with Crippen LogP contribution in [0.3, 0.4) is 0 Å². The van der Waals surface area contributed by atoms with Gasteiger partial charge < -0.3 is 10.4 Å². The Morgan fingerprint density at radius 3 is 2.59 bits per heavy atom. The summed E-state index contributed by atoms with van der Waals surface area (Å²) < 4.78 is 39.3. The summed E-state index contributed by atoms with van der Waals surface area (Å²) in [6, 6.07) is 7.91. The van der Waals surface area contributed by atoms with Crippen molar-refractivity contribution in [3.63, 3.8) is 0 Å². The Morgan fingerprint density at radius 1 is 1.23 bits per heavy atom. The lowest BCUT2D eigenvalue weighted by Crippen LogP contribution is -2.27. The first kappa shape index (κ1) is 16.7. The van der Waals surface area contributed by atoms with Crippen molar-refractivity contribution in [2.24, 2.45) is 0 Å². The van der Waals surface area contributed by atoms with E-state index < -0.39 is 24.4 Å². The number of aliphatic hydroxyl groups excluding tert-OH is 1. The van der Waals surface area contributed by atoms with Crippen LogP contribution in [0.5, 0.6) is 0 Å². The highest BCUT2D eigenvalue weighted by molar-refractivity contribution is 6.30. The summed E-state index contributed by atoms with van der Waals surface area (Å²) in [5, 5.41) is 12.3. The second-order valence-corrected chi connectivity index (χ2v) is 5.10. The van der Waals surface area contributed by atoms with E-state index in [1.165, 1.54) is 12.1 Å². The smallest absolute Gasteiger partial charge is 0.394 e. The van der Waals surface area contributed by atoms with E-state index in [0.717, 1.165) is 6.07 Å². The van der Waals surface area contributed by atoms with Crippen LogP contribution >= 0.6 is 11.6 Å². The fraction of sp³-hybridized carbons (Fsp3) is 0.267. The van der Waals surface area contributed by atoms with E-state index >= 15 is 0 Å². The molecule has 0 aliphatic carbocycles. The Morgan fingerprint density at radius 2 is 2.00 bits per heavy atom. The van der Waals surface area contributed by atoms with Crippen molar-refractivity contribution < 1.29 is 18.3 Å². The zero-order valence-electron chi connectivity index (χ0n) is 11.4. The van der Waals surface area contributed by atoms with Crippen LogP contribution in [-0.2, 0) is 12.7 Å². The van der Waals surface area contributed by atoms with Crippen molar-refractivity contribution in [1.82, 2.24) is 10.3 Å². The van der Waals surface area contributed by atoms with E-state index in [1.807, 2.05) is 0 Å². The lowest BCUT2D eigenvalue weighted by Gasteiger charge is -2.21. The number of hydrogen-bond acceptors (Lipinski definition) is 3. The van der Waals surface area contributed by atoms with E-state index in [1.54, 1.807) is 24.4 Å². The molecule has 0 saturated heterocycles. The minimum Gasteiger partial charge on any atom is -0.394 e. The Balaban J connectivity index is 2.24. The van der Waals surface area contributed by atoms with Gasteiger partial charge in [-0.3, -0.25) is 4.98 Å². The van der Waals surface area contributed by atoms with Gasteiger partial charge in [0, 0.05) is 17.8 Å². The number of pyridine rings is 1. The first-order chi connectivity index (χ1) is 10.4. The van der Waals surface area contributed by atoms with Crippen LogP contribution in [0.4, 0.5) is 13.2 Å². The molecule has 0 amide bonds. The molecule has 2 N–H and O–H groups in total. The summed E-state index contributed by atoms with van der Waals surface area (Å²) >= 11 is 5.65. The maximum Gasteiger partial charge on any atom is 0.416 e. The van der Waals surface area contributed by atoms with Crippen LogP contribution in [0, 0.1) is 0 Å². The van der Waals surface area contributed by atoms with Crippen molar-refractivity contribution in [2.75, 3.05) is 6.61 Å². The molecule has 0 fully saturated rings. The van der Waals surface area contributed by atoms with Gasteiger partial charge in [-0.25, -0.2) is 0 Å². The van der Waals surface area contributed by atoms with Crippen LogP contribution in [0.1, 0.15) is 22.9 Å². The van der Waals surface area contributed by atoms with Gasteiger partial charge >= 0.3 is 6.18 Å². The monoisotopic (exact) mass is 330 g/mol. The SMILES string of the molecule is OC[C@H](NCc1ccccn1)c1ccc(Cl)cc1C(F)(F)F. The second kappa shape index (κ2) is 7.09. The molecule has 2 rings (SSSR count). The van der Waals surface area contributed by atoms with Crippen molar-refractivity contribution >= 4 is 11.6 Å². The minimum atomic E-state index is -4.54. The van der Waals surface area contributed by atoms with Crippen molar-refractivity contribution in [3.8, 4) is 0 Å². The normalized spacial score (nSPS) is 13.1. The Labute approximate surface area is 130 Å². The van der Waals surface area contributed by atoms with Crippen LogP contribution in [-0.4, -0.2) is 16.7 Å². The minimum absolute atomic E-state index is 0.00232. The van der Waals surface area contributed by atoms with Gasteiger partial charge in [-0.05, 0) is 29.8 Å². The summed E-state index contributed by atoms with van der Waals surface area (Å²) in [6.45, 7) is -0.233. The fourth-order valence-corrected chi connectivity index (χ4v) is 2.25. The predicted octanol–water partition coefficient (Wildman–Crippen LogP) is 3.58. The van der Waals surface area contributed by atoms with Gasteiger partial charge in [0.1, 0.15) is 0 Å². The highest BCUT2D eigenvalue weighted by Crippen LogP contribution is 2.36. The maximum absolute atomic E-state index is 13.1. The van der Waals surface area contributed by atoms with E-state index in [-0.39, 0.29) is 17.1 Å². The number of benzene rings is 1. The van der Waals surface area contributed by atoms with Crippen LogP contribution < -0.4 is 5.32 Å². The Hall–Kier alpha value is -1.63. The molecule has 0 unspecified atom stereocenters. The van der Waals surface area contributed by atoms with E-state index in [0.29, 0.717) is 5.69 Å². The van der Waals surface area contributed by atoms with Gasteiger partial charge in [0.25, 0.3) is 0 Å². The van der Waals surface area contributed by atoms with Gasteiger partial charge in [0.15, 0.2) is 0 Å². The highest BCUT2D eigenvalue weighted by atomic mass is 35.5. The molecule has 0 saturated carbocycles. The molecule has 3 nitrogen and oxygen atoms in total. The zero-order valence-corrected chi connectivity index (χ0v) is 12.2. The molecule has 1 atom stereocenters. The average Bonchev–Trinajstić information content (AvgIpc) is 2.49. The first-order valence-corrected chi connectivity index (χ1v) is 6.90. The maximum atomic E-state index is 13.1. The van der Waals surface area contributed by atoms with Gasteiger partial charge in [0.05, 0.1) is 23.9 Å². The highest BCUT2D eigenvalue weighted by Gasteiger charge is 2.35. The van der Waals surface area contributed by atoms with Crippen LogP contribution in [0.15, 0.2) is 42.6 Å². The van der Waals surface area contributed by atoms with Gasteiger partial charge in [-0.15, -0.1) is 0 Å². The van der Waals surface area contributed by atoms with Crippen molar-refractivity contribution in [3.05, 3.63) is 64.4 Å². The number of hydrogen-bond donors (Lipinski definition) is 2. The third kappa shape index (κ3) is 4.19. The number of rotatable bonds is 5. The third-order valence-corrected chi connectivity index (χ3v) is 3.37. The molecule has 0 radical (unpaired) electrons. The van der Waals surface area contributed by atoms with Crippen LogP contribution in [0.2, 0.25) is 5.02 Å². The van der Waals surface area contributed by atoms with Crippen LogP contribution in [0.25, 0.3) is 0 Å². The number of nitrogens with one attached hydrogen (secondary N) is 1. The molecule has 0 aliphatic heterocycles. The lowest BCUT2D eigenvalue weighted by molar-refractivity contribution is -0.138. The predicted molar refractivity (Wildman–Crippen MR) is 77.4 cm³/mol. The average molecular weight is 331 g/mol. The molecule has 0 spiro atoms. The second-order valence-electron chi connectivity index (χ2n) is 4.67. The van der Waals surface area contributed by atoms with Gasteiger partial charge in [-0.2, -0.15) is 13.2 Å². The molecular weight excluding hydrogens is 317 g/mol. The molecule has 1 aromatic carbocycles. The summed E-state index contributed by atoms with van der Waals surface area (Å²) in [5.41, 5.74) is -0.230. The quantitative estimate of drug-likeness (QED) is 0.881. The first-order valence-electron chi connectivity index (χ1n) is 6.52. The Bertz CT molecular complexity index is 620. The van der Waals surface area contributed by atoms with Gasteiger partial charge in [-0.1, -0.05) is 23.7 Å². The molecule has 1 aromatic heterocycles. The molecule has 22 heavy (non-hydrogen) atoms. The molecular formula is C15H14ClF3N2O. The van der Waals surface area contributed by atoms with E-state index in [2.05, 4.69) is 10.3 Å². The lowest BCUT2D eigenvalue weighted by atomic mass is 10.00. The molecule has 118 valence electrons. The number of aliphatic hydroxyl groups is 1. The third-order valence-electron chi connectivity index (χ3n) is 3.13. The number of aromatic nitrogens is 1. The molecule has 7 heteroatoms. The number of alkyl halides is 3. The largest absolute Gasteiger partial charge is 0.416 e.